The lowest BCUT2D eigenvalue weighted by atomic mass is 9.64. The Morgan fingerprint density at radius 2 is 2.00 bits per heavy atom. The second-order valence-electron chi connectivity index (χ2n) is 7.03. The lowest BCUT2D eigenvalue weighted by molar-refractivity contribution is -0.128. The van der Waals surface area contributed by atoms with Crippen molar-refractivity contribution in [3.63, 3.8) is 0 Å². The number of carbonyl (C=O) groups excluding carboxylic acids is 1. The summed E-state index contributed by atoms with van der Waals surface area (Å²) in [5.41, 5.74) is 1.11. The van der Waals surface area contributed by atoms with Gasteiger partial charge in [0.1, 0.15) is 5.78 Å². The molecular formula is C19H23NO. The molecule has 0 N–H and O–H groups in total. The minimum absolute atomic E-state index is 0.125. The molecule has 1 aromatic carbocycles. The van der Waals surface area contributed by atoms with E-state index >= 15 is 0 Å². The van der Waals surface area contributed by atoms with Crippen LogP contribution in [0.1, 0.15) is 45.6 Å². The van der Waals surface area contributed by atoms with Crippen LogP contribution in [0.25, 0.3) is 10.8 Å². The van der Waals surface area contributed by atoms with Crippen LogP contribution in [0.2, 0.25) is 0 Å². The van der Waals surface area contributed by atoms with Crippen LogP contribution in [0.4, 0.5) is 0 Å². The van der Waals surface area contributed by atoms with E-state index in [-0.39, 0.29) is 11.3 Å². The van der Waals surface area contributed by atoms with Gasteiger partial charge in [0, 0.05) is 35.5 Å². The molecule has 0 saturated heterocycles. The van der Waals surface area contributed by atoms with Crippen molar-refractivity contribution in [1.82, 2.24) is 4.98 Å². The highest BCUT2D eigenvalue weighted by Gasteiger charge is 2.39. The first kappa shape index (κ1) is 14.2. The summed E-state index contributed by atoms with van der Waals surface area (Å²) < 4.78 is 0. The van der Waals surface area contributed by atoms with E-state index in [0.717, 1.165) is 19.3 Å². The zero-order chi connectivity index (χ0) is 15.0. The van der Waals surface area contributed by atoms with Crippen molar-refractivity contribution in [2.75, 3.05) is 0 Å². The number of hydrogen-bond acceptors (Lipinski definition) is 2. The van der Waals surface area contributed by atoms with E-state index < -0.39 is 0 Å². The van der Waals surface area contributed by atoms with Crippen LogP contribution in [0, 0.1) is 11.8 Å². The smallest absolute Gasteiger partial charge is 0.137 e. The topological polar surface area (TPSA) is 30.0 Å². The molecule has 1 fully saturated rings. The van der Waals surface area contributed by atoms with E-state index in [1.165, 1.54) is 16.3 Å². The Morgan fingerprint density at radius 1 is 1.19 bits per heavy atom. The maximum absolute atomic E-state index is 12.5. The van der Waals surface area contributed by atoms with Crippen LogP contribution >= 0.6 is 0 Å². The summed E-state index contributed by atoms with van der Waals surface area (Å²) in [5, 5.41) is 2.38. The van der Waals surface area contributed by atoms with Crippen molar-refractivity contribution in [1.29, 1.82) is 0 Å². The molecule has 1 aliphatic rings. The number of Topliss-reactive ketones (excluding diaryl/α,β-unsaturated/α-hetero) is 1. The molecule has 0 radical (unpaired) electrons. The van der Waals surface area contributed by atoms with Crippen molar-refractivity contribution in [2.45, 2.75) is 45.4 Å². The van der Waals surface area contributed by atoms with Gasteiger partial charge in [-0.05, 0) is 35.8 Å². The van der Waals surface area contributed by atoms with Gasteiger partial charge in [0.05, 0.1) is 0 Å². The van der Waals surface area contributed by atoms with E-state index in [1.54, 1.807) is 0 Å². The highest BCUT2D eigenvalue weighted by molar-refractivity contribution is 5.88. The van der Waals surface area contributed by atoms with Gasteiger partial charge in [0.15, 0.2) is 0 Å². The lowest BCUT2D eigenvalue weighted by Gasteiger charge is -2.38. The third-order valence-electron chi connectivity index (χ3n) is 5.14. The molecule has 3 rings (SSSR count). The molecule has 1 aromatic heterocycles. The van der Waals surface area contributed by atoms with Gasteiger partial charge in [0.25, 0.3) is 0 Å². The molecule has 2 aromatic rings. The third kappa shape index (κ3) is 2.48. The largest absolute Gasteiger partial charge is 0.299 e. The monoisotopic (exact) mass is 281 g/mol. The number of benzene rings is 1. The zero-order valence-electron chi connectivity index (χ0n) is 13.1. The molecule has 2 nitrogen and oxygen atoms in total. The number of nitrogens with zero attached hydrogens (tertiary/aromatic N) is 1. The molecule has 21 heavy (non-hydrogen) atoms. The van der Waals surface area contributed by atoms with Crippen LogP contribution in [-0.4, -0.2) is 10.8 Å². The molecule has 1 saturated carbocycles. The van der Waals surface area contributed by atoms with E-state index in [9.17, 15) is 4.79 Å². The van der Waals surface area contributed by atoms with Crippen LogP contribution in [0.3, 0.4) is 0 Å². The SMILES string of the molecule is CC1CCC(C(C)(C)c2cccc3ccncc23)C(=O)C1. The fourth-order valence-electron chi connectivity index (χ4n) is 3.83. The minimum atomic E-state index is -0.139. The summed E-state index contributed by atoms with van der Waals surface area (Å²) in [6.45, 7) is 6.61. The fraction of sp³-hybridized carbons (Fsp3) is 0.474. The highest BCUT2D eigenvalue weighted by Crippen LogP contribution is 2.42. The lowest BCUT2D eigenvalue weighted by Crippen LogP contribution is -2.38. The predicted molar refractivity (Wildman–Crippen MR) is 86.3 cm³/mol. The molecule has 0 spiro atoms. The number of carbonyl (C=O) groups is 1. The molecule has 0 amide bonds. The molecule has 1 heterocycles. The highest BCUT2D eigenvalue weighted by atomic mass is 16.1. The van der Waals surface area contributed by atoms with Crippen molar-refractivity contribution in [3.8, 4) is 0 Å². The van der Waals surface area contributed by atoms with Gasteiger partial charge in [0.2, 0.25) is 0 Å². The van der Waals surface area contributed by atoms with Crippen LogP contribution in [0.15, 0.2) is 36.7 Å². The minimum Gasteiger partial charge on any atom is -0.299 e. The van der Waals surface area contributed by atoms with Gasteiger partial charge in [-0.1, -0.05) is 39.0 Å². The van der Waals surface area contributed by atoms with E-state index in [4.69, 9.17) is 0 Å². The predicted octanol–water partition coefficient (Wildman–Crippen LogP) is 4.52. The second kappa shape index (κ2) is 5.25. The average Bonchev–Trinajstić information content (AvgIpc) is 2.46. The van der Waals surface area contributed by atoms with E-state index in [2.05, 4.69) is 44.0 Å². The van der Waals surface area contributed by atoms with Crippen LogP contribution < -0.4 is 0 Å². The maximum atomic E-state index is 12.5. The first-order valence-electron chi connectivity index (χ1n) is 7.86. The summed E-state index contributed by atoms with van der Waals surface area (Å²) in [6.07, 6.45) is 6.65. The Bertz CT molecular complexity index is 669. The summed E-state index contributed by atoms with van der Waals surface area (Å²) in [4.78, 5) is 16.8. The number of aromatic nitrogens is 1. The van der Waals surface area contributed by atoms with Gasteiger partial charge < -0.3 is 0 Å². The Hall–Kier alpha value is -1.70. The number of ketones is 1. The van der Waals surface area contributed by atoms with Crippen molar-refractivity contribution in [3.05, 3.63) is 42.2 Å². The second-order valence-corrected chi connectivity index (χ2v) is 7.03. The molecule has 110 valence electrons. The number of hydrogen-bond donors (Lipinski definition) is 0. The maximum Gasteiger partial charge on any atom is 0.137 e. The van der Waals surface area contributed by atoms with Crippen molar-refractivity contribution in [2.24, 2.45) is 11.8 Å². The summed E-state index contributed by atoms with van der Waals surface area (Å²) >= 11 is 0. The zero-order valence-corrected chi connectivity index (χ0v) is 13.1. The fourth-order valence-corrected chi connectivity index (χ4v) is 3.83. The molecule has 2 atom stereocenters. The van der Waals surface area contributed by atoms with Crippen LogP contribution in [0.5, 0.6) is 0 Å². The molecular weight excluding hydrogens is 258 g/mol. The van der Waals surface area contributed by atoms with E-state index in [1.807, 2.05) is 18.5 Å². The Balaban J connectivity index is 2.06. The summed E-state index contributed by atoms with van der Waals surface area (Å²) in [5.74, 6) is 1.10. The van der Waals surface area contributed by atoms with E-state index in [0.29, 0.717) is 11.7 Å². The molecule has 2 heteroatoms. The van der Waals surface area contributed by atoms with Gasteiger partial charge >= 0.3 is 0 Å². The number of rotatable bonds is 2. The number of pyridine rings is 1. The number of fused-ring (bicyclic) bond motifs is 1. The van der Waals surface area contributed by atoms with Gasteiger partial charge in [-0.3, -0.25) is 9.78 Å². The summed E-state index contributed by atoms with van der Waals surface area (Å²) in [6, 6.07) is 8.41. The van der Waals surface area contributed by atoms with Crippen molar-refractivity contribution >= 4 is 16.6 Å². The Labute approximate surface area is 126 Å². The van der Waals surface area contributed by atoms with Crippen molar-refractivity contribution < 1.29 is 4.79 Å². The first-order chi connectivity index (χ1) is 10.00. The standard InChI is InChI=1S/C19H23NO/c1-13-7-8-17(18(21)11-13)19(2,3)16-6-4-5-14-9-10-20-12-15(14)16/h4-6,9-10,12-13,17H,7-8,11H2,1-3H3. The molecule has 0 bridgehead atoms. The first-order valence-corrected chi connectivity index (χ1v) is 7.86. The van der Waals surface area contributed by atoms with Gasteiger partial charge in [-0.15, -0.1) is 0 Å². The molecule has 1 aliphatic carbocycles. The molecule has 0 aliphatic heterocycles. The Kier molecular flexibility index (Phi) is 3.56. The Morgan fingerprint density at radius 3 is 2.76 bits per heavy atom. The van der Waals surface area contributed by atoms with Gasteiger partial charge in [-0.25, -0.2) is 0 Å². The van der Waals surface area contributed by atoms with Crippen LogP contribution in [-0.2, 0) is 10.2 Å². The summed E-state index contributed by atoms with van der Waals surface area (Å²) in [7, 11) is 0. The quantitative estimate of drug-likeness (QED) is 0.810. The van der Waals surface area contributed by atoms with Gasteiger partial charge in [-0.2, -0.15) is 0 Å². The third-order valence-corrected chi connectivity index (χ3v) is 5.14. The molecule has 2 unspecified atom stereocenters. The normalized spacial score (nSPS) is 23.5. The average molecular weight is 281 g/mol.